The first-order chi connectivity index (χ1) is 31.9. The van der Waals surface area contributed by atoms with Crippen LogP contribution in [-0.4, -0.2) is 98.0 Å². The van der Waals surface area contributed by atoms with Crippen LogP contribution in [0.15, 0.2) is 0 Å². The number of hydrogen-bond donors (Lipinski definition) is 1. The summed E-state index contributed by atoms with van der Waals surface area (Å²) in [4.78, 5) is 43.0. The molecule has 1 aliphatic carbocycles. The third-order valence-corrected chi connectivity index (χ3v) is 13.9. The number of hydrogen-bond acceptors (Lipinski definition) is 9. The molecule has 65 heavy (non-hydrogen) atoms. The van der Waals surface area contributed by atoms with E-state index in [2.05, 4.69) is 37.5 Å². The predicted octanol–water partition coefficient (Wildman–Crippen LogP) is 14.3. The molecule has 0 spiro atoms. The van der Waals surface area contributed by atoms with Gasteiger partial charge in [-0.15, -0.1) is 0 Å². The van der Waals surface area contributed by atoms with Crippen molar-refractivity contribution < 1.29 is 33.7 Å². The van der Waals surface area contributed by atoms with Gasteiger partial charge in [-0.05, 0) is 109 Å². The zero-order chi connectivity index (χ0) is 47.3. The molecule has 384 valence electrons. The number of rotatable bonds is 49. The lowest BCUT2D eigenvalue weighted by atomic mass is 9.95. The molecule has 0 radical (unpaired) electrons. The molecule has 1 N–H and O–H groups in total. The van der Waals surface area contributed by atoms with E-state index in [4.69, 9.17) is 14.2 Å². The normalized spacial score (nSPS) is 13.7. The van der Waals surface area contributed by atoms with E-state index in [9.17, 15) is 19.5 Å². The van der Waals surface area contributed by atoms with Crippen molar-refractivity contribution in [3.05, 3.63) is 0 Å². The quantitative estimate of drug-likeness (QED) is 0.0363. The number of carbonyl (C=O) groups is 3. The van der Waals surface area contributed by atoms with Gasteiger partial charge in [-0.3, -0.25) is 14.4 Å². The molecule has 1 rings (SSSR count). The van der Waals surface area contributed by atoms with Crippen LogP contribution in [0.25, 0.3) is 0 Å². The van der Waals surface area contributed by atoms with Crippen LogP contribution in [0.1, 0.15) is 265 Å². The van der Waals surface area contributed by atoms with Gasteiger partial charge in [0.15, 0.2) is 0 Å². The number of aliphatic hydroxyl groups is 1. The molecule has 9 heteroatoms. The van der Waals surface area contributed by atoms with Gasteiger partial charge in [0.25, 0.3) is 0 Å². The molecule has 1 atom stereocenters. The highest BCUT2D eigenvalue weighted by Gasteiger charge is 2.22. The molecular formula is C56H108N2O7. The van der Waals surface area contributed by atoms with E-state index < -0.39 is 0 Å². The average Bonchev–Trinajstić information content (AvgIpc) is 3.85. The molecule has 1 saturated carbocycles. The summed E-state index contributed by atoms with van der Waals surface area (Å²) in [6, 6.07) is 0.692. The number of esters is 3. The van der Waals surface area contributed by atoms with Crippen molar-refractivity contribution in [1.29, 1.82) is 0 Å². The number of unbranched alkanes of at least 4 members (excludes halogenated alkanes) is 20. The van der Waals surface area contributed by atoms with Crippen LogP contribution in [0.3, 0.4) is 0 Å². The summed E-state index contributed by atoms with van der Waals surface area (Å²) in [6.45, 7) is 15.1. The Bertz CT molecular complexity index is 1040. The van der Waals surface area contributed by atoms with E-state index >= 15 is 0 Å². The highest BCUT2D eigenvalue weighted by molar-refractivity contribution is 5.70. The minimum atomic E-state index is -0.142. The summed E-state index contributed by atoms with van der Waals surface area (Å²) in [6.07, 6.45) is 41.3. The van der Waals surface area contributed by atoms with Crippen LogP contribution in [0.2, 0.25) is 0 Å². The highest BCUT2D eigenvalue weighted by Crippen LogP contribution is 2.25. The van der Waals surface area contributed by atoms with Crippen molar-refractivity contribution in [3.63, 3.8) is 0 Å². The van der Waals surface area contributed by atoms with Gasteiger partial charge >= 0.3 is 17.9 Å². The van der Waals surface area contributed by atoms with Crippen LogP contribution >= 0.6 is 0 Å². The highest BCUT2D eigenvalue weighted by atomic mass is 16.5. The van der Waals surface area contributed by atoms with Crippen LogP contribution < -0.4 is 0 Å². The first-order valence-corrected chi connectivity index (χ1v) is 28.4. The van der Waals surface area contributed by atoms with E-state index in [0.717, 1.165) is 116 Å². The number of carbonyl (C=O) groups excluding carboxylic acids is 3. The van der Waals surface area contributed by atoms with Gasteiger partial charge in [0.1, 0.15) is 0 Å². The Labute approximate surface area is 402 Å². The van der Waals surface area contributed by atoms with Crippen molar-refractivity contribution in [3.8, 4) is 0 Å². The first kappa shape index (κ1) is 61.3. The largest absolute Gasteiger partial charge is 0.465 e. The lowest BCUT2D eigenvalue weighted by Crippen LogP contribution is -2.35. The Kier molecular flexibility index (Phi) is 43.4. The molecular weight excluding hydrogens is 813 g/mol. The second kappa shape index (κ2) is 46.0. The van der Waals surface area contributed by atoms with Gasteiger partial charge in [-0.25, -0.2) is 0 Å². The molecule has 0 bridgehead atoms. The minimum Gasteiger partial charge on any atom is -0.465 e. The second-order valence-electron chi connectivity index (χ2n) is 20.1. The molecule has 9 nitrogen and oxygen atoms in total. The molecule has 1 aliphatic rings. The first-order valence-electron chi connectivity index (χ1n) is 28.4. The summed E-state index contributed by atoms with van der Waals surface area (Å²) in [5.74, 6) is 0.244. The molecule has 0 heterocycles. The Morgan fingerprint density at radius 1 is 0.431 bits per heavy atom. The van der Waals surface area contributed by atoms with E-state index in [-0.39, 0.29) is 30.4 Å². The minimum absolute atomic E-state index is 0.0000187. The molecule has 0 aromatic heterocycles. The van der Waals surface area contributed by atoms with Crippen LogP contribution in [0, 0.1) is 11.8 Å². The Morgan fingerprint density at radius 2 is 0.769 bits per heavy atom. The Morgan fingerprint density at radius 3 is 1.25 bits per heavy atom. The topological polar surface area (TPSA) is 106 Å². The third-order valence-electron chi connectivity index (χ3n) is 13.9. The molecule has 0 aromatic rings. The number of aliphatic hydroxyl groups excluding tert-OH is 1. The maximum absolute atomic E-state index is 12.8. The fraction of sp³-hybridized carbons (Fsp3) is 0.946. The molecule has 0 aromatic carbocycles. The summed E-state index contributed by atoms with van der Waals surface area (Å²) in [7, 11) is 0. The van der Waals surface area contributed by atoms with E-state index in [0.29, 0.717) is 57.6 Å². The zero-order valence-electron chi connectivity index (χ0n) is 43.6. The van der Waals surface area contributed by atoms with Gasteiger partial charge in [-0.1, -0.05) is 169 Å². The van der Waals surface area contributed by atoms with Gasteiger partial charge < -0.3 is 29.1 Å². The summed E-state index contributed by atoms with van der Waals surface area (Å²) >= 11 is 0. The second-order valence-corrected chi connectivity index (χ2v) is 20.1. The van der Waals surface area contributed by atoms with Gasteiger partial charge in [0.2, 0.25) is 0 Å². The Balaban J connectivity index is 2.48. The molecule has 1 fully saturated rings. The fourth-order valence-corrected chi connectivity index (χ4v) is 9.60. The van der Waals surface area contributed by atoms with Crippen molar-refractivity contribution in [2.75, 3.05) is 59.2 Å². The number of nitrogens with zero attached hydrogens (tertiary/aromatic N) is 2. The summed E-state index contributed by atoms with van der Waals surface area (Å²) in [5.41, 5.74) is 0. The lowest BCUT2D eigenvalue weighted by Gasteiger charge is -2.29. The van der Waals surface area contributed by atoms with Crippen molar-refractivity contribution in [2.24, 2.45) is 11.8 Å². The van der Waals surface area contributed by atoms with Crippen molar-refractivity contribution in [1.82, 2.24) is 9.80 Å². The van der Waals surface area contributed by atoms with Crippen molar-refractivity contribution in [2.45, 2.75) is 271 Å². The van der Waals surface area contributed by atoms with Crippen LogP contribution in [0.5, 0.6) is 0 Å². The smallest absolute Gasteiger partial charge is 0.305 e. The third kappa shape index (κ3) is 37.9. The van der Waals surface area contributed by atoms with Gasteiger partial charge in [0.05, 0.1) is 26.4 Å². The van der Waals surface area contributed by atoms with E-state index in [1.165, 1.54) is 128 Å². The predicted molar refractivity (Wildman–Crippen MR) is 272 cm³/mol. The maximum atomic E-state index is 12.8. The SMILES string of the molecule is CCCCCCCCC(CCCCCC)COC(=O)CCCCCN(CCCCN(CCO)CCCCC(COC(=O)CCCCCCC)COC(=O)CCCCCCC)C1CCCC1. The van der Waals surface area contributed by atoms with E-state index in [1.807, 2.05) is 0 Å². The van der Waals surface area contributed by atoms with Gasteiger partial charge in [0, 0.05) is 37.8 Å². The summed E-state index contributed by atoms with van der Waals surface area (Å²) < 4.78 is 17.3. The number of ether oxygens (including phenoxy) is 3. The van der Waals surface area contributed by atoms with E-state index in [1.54, 1.807) is 0 Å². The molecule has 0 aliphatic heterocycles. The van der Waals surface area contributed by atoms with Crippen molar-refractivity contribution >= 4 is 17.9 Å². The molecule has 0 amide bonds. The lowest BCUT2D eigenvalue weighted by molar-refractivity contribution is -0.149. The monoisotopic (exact) mass is 921 g/mol. The standard InChI is InChI=1S/C56H108N2O7/c1-5-9-13-17-20-23-35-51(34-22-16-12-8-4)48-63-54(60)41-26-21-30-44-58(53-37-27-28-38-53)45-33-32-43-57(46-47-59)42-31-29-36-52(49-64-55(61)39-24-18-14-10-6-2)50-65-56(62)40-25-19-15-11-7-3/h51-53,59H,5-50H2,1-4H3. The Hall–Kier alpha value is -1.71. The maximum Gasteiger partial charge on any atom is 0.305 e. The fourth-order valence-electron chi connectivity index (χ4n) is 9.60. The average molecular weight is 921 g/mol. The van der Waals surface area contributed by atoms with Crippen LogP contribution in [-0.2, 0) is 28.6 Å². The zero-order valence-corrected chi connectivity index (χ0v) is 43.6. The van der Waals surface area contributed by atoms with Gasteiger partial charge in [-0.2, -0.15) is 0 Å². The van der Waals surface area contributed by atoms with Crippen LogP contribution in [0.4, 0.5) is 0 Å². The molecule has 0 saturated heterocycles. The molecule has 1 unspecified atom stereocenters. The summed E-state index contributed by atoms with van der Waals surface area (Å²) in [5, 5.41) is 9.88.